The van der Waals surface area contributed by atoms with Crippen LogP contribution in [-0.2, 0) is 9.53 Å². The van der Waals surface area contributed by atoms with Gasteiger partial charge in [0.25, 0.3) is 0 Å². The maximum absolute atomic E-state index is 12.3. The number of rotatable bonds is 9. The maximum atomic E-state index is 12.3. The Labute approximate surface area is 145 Å². The van der Waals surface area contributed by atoms with E-state index in [9.17, 15) is 4.79 Å². The molecule has 0 saturated heterocycles. The standard InChI is InChI=1S/C21H27NO2/c1-3-20(19-13-8-5-9-14-19)21(23)22-15-10-16-24-17(2)18-11-6-4-7-12-18/h4-9,11-14,17,20H,3,10,15-16H2,1-2H3,(H,22,23). The fourth-order valence-corrected chi connectivity index (χ4v) is 2.75. The van der Waals surface area contributed by atoms with Gasteiger partial charge in [-0.05, 0) is 30.9 Å². The summed E-state index contributed by atoms with van der Waals surface area (Å²) in [4.78, 5) is 12.3. The van der Waals surface area contributed by atoms with Gasteiger partial charge in [0.1, 0.15) is 0 Å². The second-order valence-electron chi connectivity index (χ2n) is 5.94. The third-order valence-electron chi connectivity index (χ3n) is 4.18. The van der Waals surface area contributed by atoms with Crippen LogP contribution in [0.3, 0.4) is 0 Å². The van der Waals surface area contributed by atoms with E-state index in [4.69, 9.17) is 4.74 Å². The SMILES string of the molecule is CCC(C(=O)NCCCOC(C)c1ccccc1)c1ccccc1. The van der Waals surface area contributed by atoms with E-state index in [-0.39, 0.29) is 17.9 Å². The van der Waals surface area contributed by atoms with Gasteiger partial charge in [-0.3, -0.25) is 4.79 Å². The molecule has 1 amide bonds. The molecule has 0 aliphatic carbocycles. The molecule has 1 N–H and O–H groups in total. The number of ether oxygens (including phenoxy) is 1. The Morgan fingerprint density at radius 1 is 1.00 bits per heavy atom. The molecule has 0 aromatic heterocycles. The minimum Gasteiger partial charge on any atom is -0.374 e. The fraction of sp³-hybridized carbons (Fsp3) is 0.381. The van der Waals surface area contributed by atoms with Gasteiger partial charge in [0.15, 0.2) is 0 Å². The van der Waals surface area contributed by atoms with Crippen molar-refractivity contribution < 1.29 is 9.53 Å². The number of amides is 1. The van der Waals surface area contributed by atoms with Crippen molar-refractivity contribution in [3.8, 4) is 0 Å². The number of carbonyl (C=O) groups excluding carboxylic acids is 1. The number of benzene rings is 2. The van der Waals surface area contributed by atoms with Crippen LogP contribution in [0.1, 0.15) is 49.8 Å². The molecule has 2 aromatic carbocycles. The molecule has 3 heteroatoms. The average molecular weight is 325 g/mol. The Morgan fingerprint density at radius 3 is 2.17 bits per heavy atom. The highest BCUT2D eigenvalue weighted by atomic mass is 16.5. The minimum atomic E-state index is -0.0737. The molecular formula is C21H27NO2. The molecule has 0 fully saturated rings. The lowest BCUT2D eigenvalue weighted by molar-refractivity contribution is -0.122. The normalized spacial score (nSPS) is 13.2. The van der Waals surface area contributed by atoms with Crippen LogP contribution in [0.5, 0.6) is 0 Å². The van der Waals surface area contributed by atoms with Crippen molar-refractivity contribution in [2.24, 2.45) is 0 Å². The van der Waals surface area contributed by atoms with Crippen LogP contribution in [-0.4, -0.2) is 19.1 Å². The Morgan fingerprint density at radius 2 is 1.58 bits per heavy atom. The first kappa shape index (κ1) is 18.2. The summed E-state index contributed by atoms with van der Waals surface area (Å²) in [6, 6.07) is 20.1. The van der Waals surface area contributed by atoms with Crippen LogP contribution >= 0.6 is 0 Å². The summed E-state index contributed by atoms with van der Waals surface area (Å²) in [7, 11) is 0. The minimum absolute atomic E-state index is 0.0737. The lowest BCUT2D eigenvalue weighted by Crippen LogP contribution is -2.30. The van der Waals surface area contributed by atoms with E-state index in [1.807, 2.05) is 55.5 Å². The van der Waals surface area contributed by atoms with Crippen LogP contribution in [0.15, 0.2) is 60.7 Å². The van der Waals surface area contributed by atoms with Crippen LogP contribution in [0.25, 0.3) is 0 Å². The molecule has 0 radical (unpaired) electrons. The molecule has 24 heavy (non-hydrogen) atoms. The van der Waals surface area contributed by atoms with Crippen molar-refractivity contribution in [3.05, 3.63) is 71.8 Å². The summed E-state index contributed by atoms with van der Waals surface area (Å²) >= 11 is 0. The summed E-state index contributed by atoms with van der Waals surface area (Å²) in [6.07, 6.45) is 1.69. The quantitative estimate of drug-likeness (QED) is 0.691. The Bertz CT molecular complexity index is 598. The largest absolute Gasteiger partial charge is 0.374 e. The van der Waals surface area contributed by atoms with E-state index >= 15 is 0 Å². The monoisotopic (exact) mass is 325 g/mol. The van der Waals surface area contributed by atoms with Crippen molar-refractivity contribution in [2.75, 3.05) is 13.2 Å². The molecule has 128 valence electrons. The summed E-state index contributed by atoms with van der Waals surface area (Å²) in [5.41, 5.74) is 2.25. The van der Waals surface area contributed by atoms with Crippen molar-refractivity contribution >= 4 is 5.91 Å². The van der Waals surface area contributed by atoms with Gasteiger partial charge in [-0.2, -0.15) is 0 Å². The molecule has 3 nitrogen and oxygen atoms in total. The Balaban J connectivity index is 1.69. The zero-order valence-electron chi connectivity index (χ0n) is 14.6. The van der Waals surface area contributed by atoms with Crippen LogP contribution < -0.4 is 5.32 Å². The predicted octanol–water partition coefficient (Wildman–Crippen LogP) is 4.46. The van der Waals surface area contributed by atoms with Crippen LogP contribution in [0.2, 0.25) is 0 Å². The first-order valence-corrected chi connectivity index (χ1v) is 8.71. The van der Waals surface area contributed by atoms with Crippen molar-refractivity contribution in [1.82, 2.24) is 5.32 Å². The first-order valence-electron chi connectivity index (χ1n) is 8.71. The highest BCUT2D eigenvalue weighted by molar-refractivity contribution is 5.83. The van der Waals surface area contributed by atoms with E-state index in [1.165, 1.54) is 5.56 Å². The molecule has 2 atom stereocenters. The molecule has 0 saturated carbocycles. The molecule has 0 aliphatic rings. The molecule has 0 spiro atoms. The van der Waals surface area contributed by atoms with Gasteiger partial charge in [-0.15, -0.1) is 0 Å². The second-order valence-corrected chi connectivity index (χ2v) is 5.94. The van der Waals surface area contributed by atoms with Crippen molar-refractivity contribution in [2.45, 2.75) is 38.7 Å². The number of carbonyl (C=O) groups is 1. The van der Waals surface area contributed by atoms with E-state index in [2.05, 4.69) is 24.4 Å². The summed E-state index contributed by atoms with van der Waals surface area (Å²) in [5.74, 6) is 0.0233. The van der Waals surface area contributed by atoms with Crippen molar-refractivity contribution in [3.63, 3.8) is 0 Å². The molecule has 2 aromatic rings. The Kier molecular flexibility index (Phi) is 7.50. The summed E-state index contributed by atoms with van der Waals surface area (Å²) in [6.45, 7) is 5.38. The second kappa shape index (κ2) is 9.89. The number of nitrogens with one attached hydrogen (secondary N) is 1. The molecule has 2 unspecified atom stereocenters. The zero-order chi connectivity index (χ0) is 17.2. The highest BCUT2D eigenvalue weighted by Crippen LogP contribution is 2.19. The molecule has 0 bridgehead atoms. The number of hydrogen-bond acceptors (Lipinski definition) is 2. The third kappa shape index (κ3) is 5.50. The van der Waals surface area contributed by atoms with E-state index in [0.717, 1.165) is 18.4 Å². The Hall–Kier alpha value is -2.13. The fourth-order valence-electron chi connectivity index (χ4n) is 2.75. The average Bonchev–Trinajstić information content (AvgIpc) is 2.63. The topological polar surface area (TPSA) is 38.3 Å². The van der Waals surface area contributed by atoms with Gasteiger partial charge >= 0.3 is 0 Å². The van der Waals surface area contributed by atoms with Gasteiger partial charge in [-0.25, -0.2) is 0 Å². The molecule has 0 aliphatic heterocycles. The smallest absolute Gasteiger partial charge is 0.227 e. The maximum Gasteiger partial charge on any atom is 0.227 e. The van der Waals surface area contributed by atoms with E-state index < -0.39 is 0 Å². The van der Waals surface area contributed by atoms with E-state index in [0.29, 0.717) is 13.2 Å². The van der Waals surface area contributed by atoms with Gasteiger partial charge in [0, 0.05) is 13.2 Å². The van der Waals surface area contributed by atoms with Gasteiger partial charge in [0.05, 0.1) is 12.0 Å². The van der Waals surface area contributed by atoms with Gasteiger partial charge < -0.3 is 10.1 Å². The van der Waals surface area contributed by atoms with Crippen LogP contribution in [0.4, 0.5) is 0 Å². The van der Waals surface area contributed by atoms with Crippen molar-refractivity contribution in [1.29, 1.82) is 0 Å². The molecule has 0 heterocycles. The first-order chi connectivity index (χ1) is 11.7. The van der Waals surface area contributed by atoms with Gasteiger partial charge in [-0.1, -0.05) is 67.6 Å². The predicted molar refractivity (Wildman–Crippen MR) is 97.9 cm³/mol. The number of hydrogen-bond donors (Lipinski definition) is 1. The van der Waals surface area contributed by atoms with Crippen LogP contribution in [0, 0.1) is 0 Å². The molecule has 2 rings (SSSR count). The highest BCUT2D eigenvalue weighted by Gasteiger charge is 2.17. The summed E-state index contributed by atoms with van der Waals surface area (Å²) < 4.78 is 5.83. The third-order valence-corrected chi connectivity index (χ3v) is 4.18. The zero-order valence-corrected chi connectivity index (χ0v) is 14.6. The summed E-state index contributed by atoms with van der Waals surface area (Å²) in [5, 5.41) is 3.03. The lowest BCUT2D eigenvalue weighted by Gasteiger charge is -2.16. The van der Waals surface area contributed by atoms with Gasteiger partial charge in [0.2, 0.25) is 5.91 Å². The lowest BCUT2D eigenvalue weighted by atomic mass is 9.96. The molecular weight excluding hydrogens is 298 g/mol. The van der Waals surface area contributed by atoms with E-state index in [1.54, 1.807) is 0 Å².